The van der Waals surface area contributed by atoms with Gasteiger partial charge < -0.3 is 10.1 Å². The molecule has 0 saturated heterocycles. The van der Waals surface area contributed by atoms with Gasteiger partial charge in [0.15, 0.2) is 0 Å². The Hall–Kier alpha value is -0.0800. The van der Waals surface area contributed by atoms with Gasteiger partial charge in [-0.15, -0.1) is 0 Å². The summed E-state index contributed by atoms with van der Waals surface area (Å²) >= 11 is 0. The van der Waals surface area contributed by atoms with E-state index in [9.17, 15) is 0 Å². The van der Waals surface area contributed by atoms with Crippen molar-refractivity contribution >= 4 is 0 Å². The van der Waals surface area contributed by atoms with Crippen molar-refractivity contribution in [2.75, 3.05) is 19.8 Å². The molecule has 1 N–H and O–H groups in total. The van der Waals surface area contributed by atoms with Crippen LogP contribution in [0.1, 0.15) is 79.1 Å². The van der Waals surface area contributed by atoms with Gasteiger partial charge in [-0.2, -0.15) is 0 Å². The summed E-state index contributed by atoms with van der Waals surface area (Å²) in [7, 11) is 0. The molecule has 0 bridgehead atoms. The van der Waals surface area contributed by atoms with Crippen LogP contribution in [0, 0.1) is 5.92 Å². The third kappa shape index (κ3) is 14.1. The largest absolute Gasteiger partial charge is 0.381 e. The van der Waals surface area contributed by atoms with E-state index in [4.69, 9.17) is 4.74 Å². The van der Waals surface area contributed by atoms with Crippen LogP contribution in [0.2, 0.25) is 0 Å². The summed E-state index contributed by atoms with van der Waals surface area (Å²) in [6.45, 7) is 12.1. The fourth-order valence-corrected chi connectivity index (χ4v) is 2.22. The van der Waals surface area contributed by atoms with E-state index in [1.165, 1.54) is 51.4 Å². The molecule has 0 aromatic heterocycles. The van der Waals surface area contributed by atoms with Crippen LogP contribution < -0.4 is 5.32 Å². The maximum Gasteiger partial charge on any atom is 0.0494 e. The minimum atomic E-state index is 0.623. The zero-order valence-electron chi connectivity index (χ0n) is 13.8. The molecule has 1 atom stereocenters. The highest BCUT2D eigenvalue weighted by molar-refractivity contribution is 4.56. The lowest BCUT2D eigenvalue weighted by atomic mass is 10.0. The molecule has 19 heavy (non-hydrogen) atoms. The molecule has 0 aromatic carbocycles. The first-order valence-corrected chi connectivity index (χ1v) is 8.51. The van der Waals surface area contributed by atoms with Crippen LogP contribution in [0.15, 0.2) is 0 Å². The SMILES string of the molecule is CCCCC(CC)COCCCCCCNC(C)C. The molecule has 0 rings (SSSR count). The first kappa shape index (κ1) is 18.9. The highest BCUT2D eigenvalue weighted by atomic mass is 16.5. The number of ether oxygens (including phenoxy) is 1. The minimum absolute atomic E-state index is 0.623. The fraction of sp³-hybridized carbons (Fsp3) is 1.00. The predicted molar refractivity (Wildman–Crippen MR) is 85.7 cm³/mol. The van der Waals surface area contributed by atoms with Crippen LogP contribution in [0.4, 0.5) is 0 Å². The number of unbranched alkanes of at least 4 members (excludes halogenated alkanes) is 4. The van der Waals surface area contributed by atoms with E-state index in [0.717, 1.165) is 25.7 Å². The predicted octanol–water partition coefficient (Wildman–Crippen LogP) is 4.78. The molecule has 0 amide bonds. The topological polar surface area (TPSA) is 21.3 Å². The van der Waals surface area contributed by atoms with Crippen LogP contribution in [0.25, 0.3) is 0 Å². The molecule has 1 unspecified atom stereocenters. The van der Waals surface area contributed by atoms with Gasteiger partial charge in [0.2, 0.25) is 0 Å². The number of nitrogens with one attached hydrogen (secondary N) is 1. The summed E-state index contributed by atoms with van der Waals surface area (Å²) in [5.74, 6) is 0.787. The Kier molecular flexibility index (Phi) is 14.3. The molecule has 0 saturated carbocycles. The molecule has 0 spiro atoms. The van der Waals surface area contributed by atoms with Crippen molar-refractivity contribution in [3.8, 4) is 0 Å². The normalized spacial score (nSPS) is 13.1. The van der Waals surface area contributed by atoms with Crippen LogP contribution in [-0.4, -0.2) is 25.8 Å². The molecule has 0 aliphatic heterocycles. The van der Waals surface area contributed by atoms with Gasteiger partial charge in [0.25, 0.3) is 0 Å². The van der Waals surface area contributed by atoms with Gasteiger partial charge in [0.1, 0.15) is 0 Å². The van der Waals surface area contributed by atoms with E-state index >= 15 is 0 Å². The first-order chi connectivity index (χ1) is 9.20. The Morgan fingerprint density at radius 3 is 2.32 bits per heavy atom. The second kappa shape index (κ2) is 14.3. The van der Waals surface area contributed by atoms with Crippen LogP contribution in [0.5, 0.6) is 0 Å². The zero-order chi connectivity index (χ0) is 14.3. The molecular formula is C17H37NO. The van der Waals surface area contributed by atoms with Crippen LogP contribution in [0.3, 0.4) is 0 Å². The lowest BCUT2D eigenvalue weighted by Crippen LogP contribution is -2.23. The maximum absolute atomic E-state index is 5.81. The number of hydrogen-bond acceptors (Lipinski definition) is 2. The zero-order valence-corrected chi connectivity index (χ0v) is 13.8. The summed E-state index contributed by atoms with van der Waals surface area (Å²) in [5, 5.41) is 3.46. The van der Waals surface area contributed by atoms with Gasteiger partial charge in [0, 0.05) is 19.3 Å². The Morgan fingerprint density at radius 2 is 1.68 bits per heavy atom. The average Bonchev–Trinajstić information content (AvgIpc) is 2.40. The highest BCUT2D eigenvalue weighted by Gasteiger charge is 2.05. The molecule has 0 aliphatic rings. The van der Waals surface area contributed by atoms with E-state index in [-0.39, 0.29) is 0 Å². The minimum Gasteiger partial charge on any atom is -0.381 e. The third-order valence-corrected chi connectivity index (χ3v) is 3.66. The van der Waals surface area contributed by atoms with E-state index in [0.29, 0.717) is 6.04 Å². The van der Waals surface area contributed by atoms with Gasteiger partial charge >= 0.3 is 0 Å². The van der Waals surface area contributed by atoms with Gasteiger partial charge in [-0.3, -0.25) is 0 Å². The van der Waals surface area contributed by atoms with Gasteiger partial charge in [-0.05, 0) is 31.7 Å². The van der Waals surface area contributed by atoms with Crippen molar-refractivity contribution in [1.82, 2.24) is 5.32 Å². The lowest BCUT2D eigenvalue weighted by Gasteiger charge is -2.14. The first-order valence-electron chi connectivity index (χ1n) is 8.51. The lowest BCUT2D eigenvalue weighted by molar-refractivity contribution is 0.0908. The van der Waals surface area contributed by atoms with E-state index < -0.39 is 0 Å². The average molecular weight is 271 g/mol. The van der Waals surface area contributed by atoms with E-state index in [1.54, 1.807) is 0 Å². The van der Waals surface area contributed by atoms with Crippen LogP contribution in [-0.2, 0) is 4.74 Å². The second-order valence-electron chi connectivity index (χ2n) is 6.01. The number of hydrogen-bond donors (Lipinski definition) is 1. The molecule has 2 heteroatoms. The third-order valence-electron chi connectivity index (χ3n) is 3.66. The van der Waals surface area contributed by atoms with Crippen LogP contribution >= 0.6 is 0 Å². The Morgan fingerprint density at radius 1 is 0.947 bits per heavy atom. The van der Waals surface area contributed by atoms with Gasteiger partial charge in [-0.1, -0.05) is 59.8 Å². The van der Waals surface area contributed by atoms with Crippen molar-refractivity contribution in [1.29, 1.82) is 0 Å². The molecule has 2 nitrogen and oxygen atoms in total. The fourth-order valence-electron chi connectivity index (χ4n) is 2.22. The van der Waals surface area contributed by atoms with Crippen molar-refractivity contribution in [2.24, 2.45) is 5.92 Å². The Labute approximate surface area is 121 Å². The van der Waals surface area contributed by atoms with Gasteiger partial charge in [-0.25, -0.2) is 0 Å². The Balaban J connectivity index is 3.20. The summed E-state index contributed by atoms with van der Waals surface area (Å²) in [4.78, 5) is 0. The van der Waals surface area contributed by atoms with Crippen molar-refractivity contribution in [3.63, 3.8) is 0 Å². The summed E-state index contributed by atoms with van der Waals surface area (Å²) in [5.41, 5.74) is 0. The van der Waals surface area contributed by atoms with E-state index in [2.05, 4.69) is 33.0 Å². The quantitative estimate of drug-likeness (QED) is 0.459. The summed E-state index contributed by atoms with van der Waals surface area (Å²) in [6.07, 6.45) is 10.4. The highest BCUT2D eigenvalue weighted by Crippen LogP contribution is 2.13. The van der Waals surface area contributed by atoms with Crippen molar-refractivity contribution in [2.45, 2.75) is 85.1 Å². The molecule has 0 aliphatic carbocycles. The van der Waals surface area contributed by atoms with Crippen molar-refractivity contribution < 1.29 is 4.74 Å². The van der Waals surface area contributed by atoms with E-state index in [1.807, 2.05) is 0 Å². The van der Waals surface area contributed by atoms with Gasteiger partial charge in [0.05, 0.1) is 0 Å². The molecular weight excluding hydrogens is 234 g/mol. The smallest absolute Gasteiger partial charge is 0.0494 e. The molecule has 0 heterocycles. The molecule has 0 radical (unpaired) electrons. The monoisotopic (exact) mass is 271 g/mol. The summed E-state index contributed by atoms with van der Waals surface area (Å²) in [6, 6.07) is 0.623. The summed E-state index contributed by atoms with van der Waals surface area (Å²) < 4.78 is 5.81. The molecule has 0 fully saturated rings. The molecule has 0 aromatic rings. The number of rotatable bonds is 14. The Bertz CT molecular complexity index is 171. The maximum atomic E-state index is 5.81. The second-order valence-corrected chi connectivity index (χ2v) is 6.01. The molecule has 116 valence electrons. The standard InChI is InChI=1S/C17H37NO/c1-5-7-12-17(6-2)15-19-14-11-9-8-10-13-18-16(3)4/h16-18H,5-15H2,1-4H3. The van der Waals surface area contributed by atoms with Crippen molar-refractivity contribution in [3.05, 3.63) is 0 Å².